The van der Waals surface area contributed by atoms with Gasteiger partial charge in [-0.1, -0.05) is 126 Å². The molecule has 0 spiro atoms. The lowest BCUT2D eigenvalue weighted by Crippen LogP contribution is -2.10. The standard InChI is InChI=1S/C51H45F3N2/c1-49(2,3)34-21-27-45-42(29-34)43-30-35(50(4,5)6)22-28-46(43)56(45)36-23-17-32(18-24-36)44-26-25-37(31-15-19-33(20-16-31)51(52,53)54)47-40-13-9-7-11-38(40)39-12-8-10-14-41(39)48(47)55-44/h7-24,27-30,37H,25-26H2,1-6H3/t37-/m1/s1. The summed E-state index contributed by atoms with van der Waals surface area (Å²) in [6, 6.07) is 45.0. The van der Waals surface area contributed by atoms with Gasteiger partial charge in [0.05, 0.1) is 22.3 Å². The normalized spacial score (nSPS) is 15.4. The summed E-state index contributed by atoms with van der Waals surface area (Å²) >= 11 is 0. The summed E-state index contributed by atoms with van der Waals surface area (Å²) in [6.07, 6.45) is -3.02. The van der Waals surface area contributed by atoms with Crippen LogP contribution in [0.15, 0.2) is 138 Å². The highest BCUT2D eigenvalue weighted by molar-refractivity contribution is 6.17. The molecule has 280 valence electrons. The van der Waals surface area contributed by atoms with Crippen molar-refractivity contribution in [3.8, 4) is 5.69 Å². The van der Waals surface area contributed by atoms with Crippen molar-refractivity contribution >= 4 is 54.7 Å². The van der Waals surface area contributed by atoms with E-state index in [0.29, 0.717) is 12.8 Å². The quantitative estimate of drug-likeness (QED) is 0.160. The fourth-order valence-electron chi connectivity index (χ4n) is 8.72. The predicted octanol–water partition coefficient (Wildman–Crippen LogP) is 14.8. The van der Waals surface area contributed by atoms with Gasteiger partial charge in [-0.25, -0.2) is 0 Å². The van der Waals surface area contributed by atoms with E-state index in [2.05, 4.69) is 137 Å². The molecule has 0 bridgehead atoms. The van der Waals surface area contributed by atoms with Crippen LogP contribution in [0.5, 0.6) is 0 Å². The number of fused-ring (bicyclic) bond motifs is 9. The molecule has 2 heterocycles. The van der Waals surface area contributed by atoms with Crippen LogP contribution in [-0.2, 0) is 17.0 Å². The minimum absolute atomic E-state index is 0.0209. The molecule has 56 heavy (non-hydrogen) atoms. The van der Waals surface area contributed by atoms with Crippen molar-refractivity contribution in [2.24, 2.45) is 4.99 Å². The van der Waals surface area contributed by atoms with Crippen LogP contribution in [0.4, 0.5) is 18.9 Å². The lowest BCUT2D eigenvalue weighted by molar-refractivity contribution is -0.137. The summed E-state index contributed by atoms with van der Waals surface area (Å²) in [5, 5.41) is 6.87. The van der Waals surface area contributed by atoms with Crippen LogP contribution in [0.1, 0.15) is 93.7 Å². The highest BCUT2D eigenvalue weighted by Gasteiger charge is 2.32. The molecule has 1 aliphatic rings. The first-order valence-electron chi connectivity index (χ1n) is 19.5. The Bertz CT molecular complexity index is 2770. The summed E-state index contributed by atoms with van der Waals surface area (Å²) < 4.78 is 43.3. The van der Waals surface area contributed by atoms with Crippen molar-refractivity contribution in [2.45, 2.75) is 77.3 Å². The smallest absolute Gasteiger partial charge is 0.309 e. The first-order chi connectivity index (χ1) is 26.7. The lowest BCUT2D eigenvalue weighted by Gasteiger charge is -2.22. The van der Waals surface area contributed by atoms with Gasteiger partial charge in [0.2, 0.25) is 0 Å². The van der Waals surface area contributed by atoms with Crippen LogP contribution in [0, 0.1) is 0 Å². The zero-order valence-electron chi connectivity index (χ0n) is 32.7. The van der Waals surface area contributed by atoms with Crippen LogP contribution in [0.2, 0.25) is 0 Å². The zero-order chi connectivity index (χ0) is 39.1. The van der Waals surface area contributed by atoms with Gasteiger partial charge in [-0.15, -0.1) is 0 Å². The molecule has 0 unspecified atom stereocenters. The average molecular weight is 743 g/mol. The molecular weight excluding hydrogens is 698 g/mol. The maximum atomic E-state index is 13.7. The van der Waals surface area contributed by atoms with E-state index < -0.39 is 11.7 Å². The highest BCUT2D eigenvalue weighted by atomic mass is 19.4. The molecular formula is C51H45F3N2. The molecule has 0 fully saturated rings. The van der Waals surface area contributed by atoms with E-state index in [1.165, 1.54) is 45.1 Å². The Hall–Kier alpha value is -5.68. The summed E-state index contributed by atoms with van der Waals surface area (Å²) in [4.78, 5) is 5.51. The topological polar surface area (TPSA) is 17.3 Å². The SMILES string of the molecule is CC(C)(C)c1ccc2c(c1)c1cc(C(C)(C)C)ccc1n2-c1ccc(C2=Nc3c(c4ccccc4c4ccccc34)[C@@H](c3ccc(C(F)(F)F)cc3)CC2)cc1. The van der Waals surface area contributed by atoms with Crippen molar-refractivity contribution in [3.63, 3.8) is 0 Å². The molecule has 0 N–H and O–H groups in total. The summed E-state index contributed by atoms with van der Waals surface area (Å²) in [5.41, 5.74) is 10.3. The number of aromatic nitrogens is 1. The van der Waals surface area contributed by atoms with Crippen LogP contribution < -0.4 is 0 Å². The molecule has 1 aromatic heterocycles. The summed E-state index contributed by atoms with van der Waals surface area (Å²) in [6.45, 7) is 13.6. The van der Waals surface area contributed by atoms with Crippen molar-refractivity contribution in [1.82, 2.24) is 4.57 Å². The average Bonchev–Trinajstić information content (AvgIpc) is 3.36. The summed E-state index contributed by atoms with van der Waals surface area (Å²) in [7, 11) is 0. The molecule has 0 saturated heterocycles. The molecule has 0 saturated carbocycles. The predicted molar refractivity (Wildman–Crippen MR) is 228 cm³/mol. The Kier molecular flexibility index (Phi) is 8.32. The van der Waals surface area contributed by atoms with Gasteiger partial charge in [-0.3, -0.25) is 4.99 Å². The molecule has 0 aliphatic carbocycles. The second-order valence-electron chi connectivity index (χ2n) is 17.5. The van der Waals surface area contributed by atoms with Gasteiger partial charge in [0.25, 0.3) is 0 Å². The number of hydrogen-bond donors (Lipinski definition) is 0. The fourth-order valence-corrected chi connectivity index (χ4v) is 8.72. The van der Waals surface area contributed by atoms with Crippen molar-refractivity contribution < 1.29 is 13.2 Å². The minimum Gasteiger partial charge on any atom is -0.309 e. The third kappa shape index (κ3) is 6.09. The molecule has 1 atom stereocenters. The third-order valence-corrected chi connectivity index (χ3v) is 11.8. The number of nitrogens with zero attached hydrogens (tertiary/aromatic N) is 2. The molecule has 5 heteroatoms. The van der Waals surface area contributed by atoms with Gasteiger partial charge in [0.15, 0.2) is 0 Å². The Morgan fingerprint density at radius 3 is 1.57 bits per heavy atom. The van der Waals surface area contributed by atoms with E-state index in [1.807, 2.05) is 18.2 Å². The van der Waals surface area contributed by atoms with Gasteiger partial charge >= 0.3 is 6.18 Å². The molecule has 2 nitrogen and oxygen atoms in total. The number of halogens is 3. The molecule has 0 radical (unpaired) electrons. The second kappa shape index (κ2) is 12.9. The maximum Gasteiger partial charge on any atom is 0.416 e. The highest BCUT2D eigenvalue weighted by Crippen LogP contribution is 2.48. The Morgan fingerprint density at radius 1 is 0.536 bits per heavy atom. The number of aliphatic imine (C=N–C) groups is 1. The molecule has 9 rings (SSSR count). The van der Waals surface area contributed by atoms with Gasteiger partial charge in [-0.2, -0.15) is 13.2 Å². The van der Waals surface area contributed by atoms with Crippen LogP contribution >= 0.6 is 0 Å². The number of benzene rings is 7. The maximum absolute atomic E-state index is 13.7. The summed E-state index contributed by atoms with van der Waals surface area (Å²) in [5.74, 6) is -0.143. The van der Waals surface area contributed by atoms with Gasteiger partial charge in [-0.05, 0) is 116 Å². The molecule has 7 aromatic carbocycles. The van der Waals surface area contributed by atoms with E-state index in [1.54, 1.807) is 12.1 Å². The minimum atomic E-state index is -4.39. The van der Waals surface area contributed by atoms with E-state index in [9.17, 15) is 13.2 Å². The largest absolute Gasteiger partial charge is 0.416 e. The van der Waals surface area contributed by atoms with E-state index in [0.717, 1.165) is 55.3 Å². The van der Waals surface area contributed by atoms with E-state index in [-0.39, 0.29) is 16.7 Å². The van der Waals surface area contributed by atoms with Crippen LogP contribution in [0.3, 0.4) is 0 Å². The number of hydrogen-bond acceptors (Lipinski definition) is 1. The molecule has 1 aliphatic heterocycles. The van der Waals surface area contributed by atoms with Crippen molar-refractivity contribution in [2.75, 3.05) is 0 Å². The Morgan fingerprint density at radius 2 is 1.04 bits per heavy atom. The first kappa shape index (κ1) is 36.0. The van der Waals surface area contributed by atoms with Gasteiger partial charge in [0, 0.05) is 33.5 Å². The Balaban J connectivity index is 1.19. The third-order valence-electron chi connectivity index (χ3n) is 11.8. The number of rotatable bonds is 3. The van der Waals surface area contributed by atoms with Crippen LogP contribution in [0.25, 0.3) is 49.0 Å². The molecule has 0 amide bonds. The van der Waals surface area contributed by atoms with E-state index >= 15 is 0 Å². The van der Waals surface area contributed by atoms with Crippen molar-refractivity contribution in [3.05, 3.63) is 167 Å². The van der Waals surface area contributed by atoms with Crippen molar-refractivity contribution in [1.29, 1.82) is 0 Å². The Labute approximate surface area is 326 Å². The number of alkyl halides is 3. The zero-order valence-corrected chi connectivity index (χ0v) is 32.7. The first-order valence-corrected chi connectivity index (χ1v) is 19.5. The second-order valence-corrected chi connectivity index (χ2v) is 17.5. The monoisotopic (exact) mass is 742 g/mol. The lowest BCUT2D eigenvalue weighted by atomic mass is 9.82. The molecule has 8 aromatic rings. The van der Waals surface area contributed by atoms with E-state index in [4.69, 9.17) is 4.99 Å². The van der Waals surface area contributed by atoms with Gasteiger partial charge < -0.3 is 4.57 Å². The van der Waals surface area contributed by atoms with Gasteiger partial charge in [0.1, 0.15) is 0 Å². The fraction of sp³-hybridized carbons (Fsp3) is 0.235. The van der Waals surface area contributed by atoms with Crippen LogP contribution in [-0.4, -0.2) is 10.3 Å².